The lowest BCUT2D eigenvalue weighted by molar-refractivity contribution is -0.135. The van der Waals surface area contributed by atoms with Gasteiger partial charge in [0.2, 0.25) is 5.95 Å². The van der Waals surface area contributed by atoms with Crippen LogP contribution in [0.25, 0.3) is 21.3 Å². The zero-order valence-electron chi connectivity index (χ0n) is 14.6. The van der Waals surface area contributed by atoms with E-state index in [1.807, 2.05) is 23.7 Å². The number of carbonyl (C=O) groups excluding carboxylic acids is 1. The number of imidazole rings is 1. The number of aliphatic carboxylic acids is 1. The summed E-state index contributed by atoms with van der Waals surface area (Å²) in [7, 11) is 1.85. The van der Waals surface area contributed by atoms with Crippen LogP contribution in [0.2, 0.25) is 5.02 Å². The molecule has 1 amide bonds. The van der Waals surface area contributed by atoms with Crippen LogP contribution in [0.4, 0.5) is 11.1 Å². The van der Waals surface area contributed by atoms with Gasteiger partial charge in [0.1, 0.15) is 6.54 Å². The van der Waals surface area contributed by atoms with Gasteiger partial charge in [-0.3, -0.25) is 9.59 Å². The van der Waals surface area contributed by atoms with Gasteiger partial charge < -0.3 is 20.3 Å². The fourth-order valence-electron chi connectivity index (χ4n) is 2.76. The standard InChI is InChI=1S/C18H14ClN5O3S/c1-24-13-5-2-9(16(27)20-8-15(25)26)6-12(13)21-17(24)23-18-22-11-4-3-10(19)7-14(11)28-18/h2-7H,8H2,1H3,(H,20,27)(H,25,26)(H,21,22,23). The lowest BCUT2D eigenvalue weighted by Gasteiger charge is -2.03. The van der Waals surface area contributed by atoms with Gasteiger partial charge in [-0.2, -0.15) is 0 Å². The lowest BCUT2D eigenvalue weighted by atomic mass is 10.2. The first-order valence-electron chi connectivity index (χ1n) is 8.20. The Balaban J connectivity index is 1.62. The third-order valence-corrected chi connectivity index (χ3v) is 5.28. The molecule has 2 aromatic carbocycles. The van der Waals surface area contributed by atoms with Crippen molar-refractivity contribution in [1.29, 1.82) is 0 Å². The minimum Gasteiger partial charge on any atom is -0.480 e. The summed E-state index contributed by atoms with van der Waals surface area (Å²) in [6.45, 7) is -0.437. The van der Waals surface area contributed by atoms with Crippen molar-refractivity contribution in [3.8, 4) is 0 Å². The van der Waals surface area contributed by atoms with Gasteiger partial charge in [-0.15, -0.1) is 0 Å². The number of aromatic nitrogens is 3. The van der Waals surface area contributed by atoms with E-state index >= 15 is 0 Å². The van der Waals surface area contributed by atoms with Crippen molar-refractivity contribution in [2.45, 2.75) is 0 Å². The van der Waals surface area contributed by atoms with Crippen molar-refractivity contribution in [3.05, 3.63) is 47.0 Å². The first-order valence-corrected chi connectivity index (χ1v) is 9.40. The highest BCUT2D eigenvalue weighted by Gasteiger charge is 2.14. The molecule has 0 aliphatic heterocycles. The van der Waals surface area contributed by atoms with Crippen LogP contribution in [0.3, 0.4) is 0 Å². The van der Waals surface area contributed by atoms with Crippen LogP contribution >= 0.6 is 22.9 Å². The number of nitrogens with one attached hydrogen (secondary N) is 2. The number of amides is 1. The molecule has 8 nitrogen and oxygen atoms in total. The Labute approximate surface area is 167 Å². The van der Waals surface area contributed by atoms with Crippen molar-refractivity contribution < 1.29 is 14.7 Å². The SMILES string of the molecule is Cn1c(Nc2nc3ccc(Cl)cc3s2)nc2cc(C(=O)NCC(=O)O)ccc21. The van der Waals surface area contributed by atoms with E-state index in [4.69, 9.17) is 16.7 Å². The smallest absolute Gasteiger partial charge is 0.322 e. The van der Waals surface area contributed by atoms with E-state index in [1.165, 1.54) is 11.3 Å². The predicted molar refractivity (Wildman–Crippen MR) is 109 cm³/mol. The Morgan fingerprint density at radius 1 is 1.18 bits per heavy atom. The zero-order chi connectivity index (χ0) is 19.8. The molecule has 0 fully saturated rings. The quantitative estimate of drug-likeness (QED) is 0.461. The Morgan fingerprint density at radius 3 is 2.79 bits per heavy atom. The molecule has 28 heavy (non-hydrogen) atoms. The molecule has 142 valence electrons. The van der Waals surface area contributed by atoms with Gasteiger partial charge in [-0.1, -0.05) is 22.9 Å². The van der Waals surface area contributed by atoms with Crippen molar-refractivity contribution in [1.82, 2.24) is 19.9 Å². The largest absolute Gasteiger partial charge is 0.480 e. The number of nitrogens with zero attached hydrogens (tertiary/aromatic N) is 3. The second-order valence-electron chi connectivity index (χ2n) is 6.03. The molecule has 0 spiro atoms. The highest BCUT2D eigenvalue weighted by Crippen LogP contribution is 2.30. The minimum absolute atomic E-state index is 0.341. The third kappa shape index (κ3) is 3.49. The van der Waals surface area contributed by atoms with E-state index in [9.17, 15) is 9.59 Å². The summed E-state index contributed by atoms with van der Waals surface area (Å²) in [5, 5.41) is 15.5. The van der Waals surface area contributed by atoms with E-state index in [0.29, 0.717) is 27.2 Å². The van der Waals surface area contributed by atoms with Crippen molar-refractivity contribution in [2.24, 2.45) is 7.05 Å². The fourth-order valence-corrected chi connectivity index (χ4v) is 3.89. The molecule has 4 rings (SSSR count). The first kappa shape index (κ1) is 18.2. The maximum Gasteiger partial charge on any atom is 0.322 e. The molecule has 0 saturated heterocycles. The highest BCUT2D eigenvalue weighted by molar-refractivity contribution is 7.22. The number of anilines is 2. The Bertz CT molecular complexity index is 1230. The van der Waals surface area contributed by atoms with E-state index in [1.54, 1.807) is 24.3 Å². The molecule has 0 radical (unpaired) electrons. The number of carboxylic acid groups (broad SMARTS) is 1. The van der Waals surface area contributed by atoms with Gasteiger partial charge in [0.05, 0.1) is 21.3 Å². The van der Waals surface area contributed by atoms with Gasteiger partial charge in [0.25, 0.3) is 5.91 Å². The van der Waals surface area contributed by atoms with Crippen molar-refractivity contribution in [2.75, 3.05) is 11.9 Å². The van der Waals surface area contributed by atoms with E-state index < -0.39 is 18.4 Å². The Hall–Kier alpha value is -3.17. The van der Waals surface area contributed by atoms with Crippen LogP contribution in [0.1, 0.15) is 10.4 Å². The van der Waals surface area contributed by atoms with Gasteiger partial charge >= 0.3 is 5.97 Å². The molecule has 0 aliphatic carbocycles. The Morgan fingerprint density at radius 2 is 2.00 bits per heavy atom. The normalized spacial score (nSPS) is 11.1. The number of halogens is 1. The minimum atomic E-state index is -1.10. The number of benzene rings is 2. The molecular formula is C18H14ClN5O3S. The lowest BCUT2D eigenvalue weighted by Crippen LogP contribution is -2.29. The number of carboxylic acids is 1. The molecule has 2 heterocycles. The number of hydrogen-bond acceptors (Lipinski definition) is 6. The summed E-state index contributed by atoms with van der Waals surface area (Å²) >= 11 is 7.49. The summed E-state index contributed by atoms with van der Waals surface area (Å²) in [4.78, 5) is 31.7. The van der Waals surface area contributed by atoms with Gasteiger partial charge in [-0.05, 0) is 36.4 Å². The second-order valence-corrected chi connectivity index (χ2v) is 7.50. The van der Waals surface area contributed by atoms with Gasteiger partial charge in [0, 0.05) is 17.6 Å². The summed E-state index contributed by atoms with van der Waals surface area (Å²) in [6.07, 6.45) is 0. The number of hydrogen-bond donors (Lipinski definition) is 3. The monoisotopic (exact) mass is 415 g/mol. The van der Waals surface area contributed by atoms with Gasteiger partial charge in [-0.25, -0.2) is 9.97 Å². The van der Waals surface area contributed by atoms with Gasteiger partial charge in [0.15, 0.2) is 5.13 Å². The summed E-state index contributed by atoms with van der Waals surface area (Å²) in [5.41, 5.74) is 2.61. The number of fused-ring (bicyclic) bond motifs is 2. The van der Waals surface area contributed by atoms with Crippen molar-refractivity contribution in [3.63, 3.8) is 0 Å². The van der Waals surface area contributed by atoms with Crippen LogP contribution in [-0.4, -0.2) is 38.1 Å². The second kappa shape index (κ2) is 7.10. The van der Waals surface area contributed by atoms with E-state index in [-0.39, 0.29) is 0 Å². The van der Waals surface area contributed by atoms with E-state index in [0.717, 1.165) is 15.7 Å². The molecule has 10 heteroatoms. The van der Waals surface area contributed by atoms with Crippen molar-refractivity contribution >= 4 is 67.1 Å². The first-order chi connectivity index (χ1) is 13.4. The molecule has 0 bridgehead atoms. The zero-order valence-corrected chi connectivity index (χ0v) is 16.1. The predicted octanol–water partition coefficient (Wildman–Crippen LogP) is 3.39. The van der Waals surface area contributed by atoms with Crippen LogP contribution in [0, 0.1) is 0 Å². The molecule has 3 N–H and O–H groups in total. The third-order valence-electron chi connectivity index (χ3n) is 4.11. The topological polar surface area (TPSA) is 109 Å². The molecule has 2 aromatic heterocycles. The summed E-state index contributed by atoms with van der Waals surface area (Å²) < 4.78 is 2.82. The highest BCUT2D eigenvalue weighted by atomic mass is 35.5. The average molecular weight is 416 g/mol. The number of aryl methyl sites for hydroxylation is 1. The summed E-state index contributed by atoms with van der Waals surface area (Å²) in [6, 6.07) is 10.5. The maximum atomic E-state index is 12.1. The molecule has 0 atom stereocenters. The average Bonchev–Trinajstić information content (AvgIpc) is 3.19. The number of rotatable bonds is 5. The molecule has 0 aliphatic rings. The molecule has 0 saturated carbocycles. The summed E-state index contributed by atoms with van der Waals surface area (Å²) in [5.74, 6) is -0.994. The molecular weight excluding hydrogens is 402 g/mol. The van der Waals surface area contributed by atoms with Crippen LogP contribution in [0.15, 0.2) is 36.4 Å². The molecule has 4 aromatic rings. The van der Waals surface area contributed by atoms with E-state index in [2.05, 4.69) is 20.6 Å². The molecule has 0 unspecified atom stereocenters. The van der Waals surface area contributed by atoms with Crippen LogP contribution in [0.5, 0.6) is 0 Å². The number of carbonyl (C=O) groups is 2. The van der Waals surface area contributed by atoms with Crippen LogP contribution < -0.4 is 10.6 Å². The Kier molecular flexibility index (Phi) is 4.62. The maximum absolute atomic E-state index is 12.1. The fraction of sp³-hybridized carbons (Fsp3) is 0.111. The number of thiazole rings is 1. The van der Waals surface area contributed by atoms with Crippen LogP contribution in [-0.2, 0) is 11.8 Å².